The van der Waals surface area contributed by atoms with Crippen molar-refractivity contribution >= 4 is 39.9 Å². The predicted molar refractivity (Wildman–Crippen MR) is 159 cm³/mol. The zero-order valence-electron chi connectivity index (χ0n) is 23.7. The number of carbonyl (C=O) groups excluding carboxylic acids is 2. The first-order chi connectivity index (χ1) is 19.6. The number of rotatable bonds is 9. The fraction of sp³-hybridized carbons (Fsp3) is 0.400. The van der Waals surface area contributed by atoms with Crippen LogP contribution >= 0.6 is 11.3 Å². The first-order valence-electron chi connectivity index (χ1n) is 13.7. The molecule has 0 aliphatic carbocycles. The number of aromatic nitrogens is 3. The standard InChI is InChI=1S/C30H36N6O4S/c1-18-10-11-25-23(13-18)32-19(2)36(25)16-21-17-41-26(33-21)15-31-29(39)27(37)28(38)30(40)35-12-6-9-24(35)20-7-5-8-22(14-20)34(3)4/h5,7-8,10-11,13-14,17,24,27-28,37-38H,6,9,12,15-16H2,1-4H3,(H,31,39)/t24?,27-,28-/m1/s1. The van der Waals surface area contributed by atoms with E-state index in [1.807, 2.05) is 62.5 Å². The highest BCUT2D eigenvalue weighted by Crippen LogP contribution is 2.34. The molecule has 10 nitrogen and oxygen atoms in total. The number of aliphatic hydroxyl groups is 2. The van der Waals surface area contributed by atoms with Crippen molar-refractivity contribution in [2.45, 2.75) is 58.0 Å². The monoisotopic (exact) mass is 576 g/mol. The lowest BCUT2D eigenvalue weighted by molar-refractivity contribution is -0.153. The van der Waals surface area contributed by atoms with Crippen LogP contribution < -0.4 is 10.2 Å². The molecule has 3 N–H and O–H groups in total. The van der Waals surface area contributed by atoms with Gasteiger partial charge in [-0.3, -0.25) is 9.59 Å². The van der Waals surface area contributed by atoms with E-state index in [-0.39, 0.29) is 12.6 Å². The number of nitrogens with zero attached hydrogens (tertiary/aromatic N) is 5. The SMILES string of the molecule is Cc1ccc2c(c1)nc(C)n2Cc1csc(CNC(=O)[C@H](O)[C@@H](O)C(=O)N2CCCC2c2cccc(N(C)C)c2)n1. The van der Waals surface area contributed by atoms with Gasteiger partial charge in [-0.05, 0) is 62.1 Å². The topological polar surface area (TPSA) is 124 Å². The zero-order valence-corrected chi connectivity index (χ0v) is 24.6. The maximum absolute atomic E-state index is 13.2. The Labute approximate surface area is 243 Å². The van der Waals surface area contributed by atoms with Gasteiger partial charge in [-0.2, -0.15) is 0 Å². The van der Waals surface area contributed by atoms with Gasteiger partial charge in [0.2, 0.25) is 0 Å². The van der Waals surface area contributed by atoms with E-state index >= 15 is 0 Å². The first-order valence-corrected chi connectivity index (χ1v) is 14.6. The number of benzene rings is 2. The highest BCUT2D eigenvalue weighted by Gasteiger charge is 2.38. The van der Waals surface area contributed by atoms with E-state index in [1.165, 1.54) is 11.3 Å². The summed E-state index contributed by atoms with van der Waals surface area (Å²) >= 11 is 1.39. The molecule has 2 aromatic carbocycles. The molecule has 2 amide bonds. The van der Waals surface area contributed by atoms with Crippen molar-refractivity contribution in [3.05, 3.63) is 75.5 Å². The molecule has 3 atom stereocenters. The average Bonchev–Trinajstić information content (AvgIpc) is 3.70. The molecule has 4 aromatic rings. The zero-order chi connectivity index (χ0) is 29.3. The van der Waals surface area contributed by atoms with Crippen LogP contribution in [0.3, 0.4) is 0 Å². The van der Waals surface area contributed by atoms with Gasteiger partial charge in [-0.1, -0.05) is 18.2 Å². The van der Waals surface area contributed by atoms with Crippen molar-refractivity contribution in [1.29, 1.82) is 0 Å². The minimum atomic E-state index is -1.89. The fourth-order valence-corrected chi connectivity index (χ4v) is 6.05. The number of nitrogens with one attached hydrogen (secondary N) is 1. The van der Waals surface area contributed by atoms with Crippen LogP contribution in [0.15, 0.2) is 47.8 Å². The van der Waals surface area contributed by atoms with Gasteiger partial charge in [0.05, 0.1) is 35.9 Å². The lowest BCUT2D eigenvalue weighted by Gasteiger charge is -2.29. The number of hydrogen-bond donors (Lipinski definition) is 3. The van der Waals surface area contributed by atoms with Gasteiger partial charge in [-0.15, -0.1) is 11.3 Å². The highest BCUT2D eigenvalue weighted by molar-refractivity contribution is 7.09. The minimum Gasteiger partial charge on any atom is -0.380 e. The number of likely N-dealkylation sites (tertiary alicyclic amines) is 1. The second-order valence-electron chi connectivity index (χ2n) is 10.8. The molecule has 1 unspecified atom stereocenters. The molecule has 0 bridgehead atoms. The van der Waals surface area contributed by atoms with E-state index in [1.54, 1.807) is 4.90 Å². The Morgan fingerprint density at radius 3 is 2.71 bits per heavy atom. The Morgan fingerprint density at radius 2 is 1.93 bits per heavy atom. The van der Waals surface area contributed by atoms with Gasteiger partial charge in [-0.25, -0.2) is 9.97 Å². The van der Waals surface area contributed by atoms with Gasteiger partial charge >= 0.3 is 0 Å². The summed E-state index contributed by atoms with van der Waals surface area (Å²) in [6.07, 6.45) is -2.23. The molecule has 216 valence electrons. The maximum Gasteiger partial charge on any atom is 0.255 e. The molecule has 1 aliphatic heterocycles. The Morgan fingerprint density at radius 1 is 1.12 bits per heavy atom. The molecule has 5 rings (SSSR count). The maximum atomic E-state index is 13.2. The molecule has 2 aromatic heterocycles. The Hall–Kier alpha value is -3.80. The van der Waals surface area contributed by atoms with Crippen LogP contribution in [0, 0.1) is 13.8 Å². The molecular weight excluding hydrogens is 540 g/mol. The van der Waals surface area contributed by atoms with Crippen LogP contribution in [0.25, 0.3) is 11.0 Å². The quantitative estimate of drug-likeness (QED) is 0.280. The van der Waals surface area contributed by atoms with Crippen LogP contribution in [0.2, 0.25) is 0 Å². The number of aliphatic hydroxyl groups excluding tert-OH is 2. The minimum absolute atomic E-state index is 0.0774. The van der Waals surface area contributed by atoms with E-state index in [4.69, 9.17) is 0 Å². The van der Waals surface area contributed by atoms with Crippen molar-refractivity contribution < 1.29 is 19.8 Å². The number of carbonyl (C=O) groups is 2. The molecule has 41 heavy (non-hydrogen) atoms. The van der Waals surface area contributed by atoms with Gasteiger partial charge in [0.25, 0.3) is 11.8 Å². The summed E-state index contributed by atoms with van der Waals surface area (Å²) in [5, 5.41) is 26.4. The largest absolute Gasteiger partial charge is 0.380 e. The molecule has 0 spiro atoms. The van der Waals surface area contributed by atoms with Crippen molar-refractivity contribution in [3.63, 3.8) is 0 Å². The Kier molecular flexibility index (Phi) is 8.39. The number of amides is 2. The Bertz CT molecular complexity index is 1560. The summed E-state index contributed by atoms with van der Waals surface area (Å²) in [7, 11) is 3.90. The van der Waals surface area contributed by atoms with Crippen LogP contribution in [0.4, 0.5) is 5.69 Å². The van der Waals surface area contributed by atoms with Crippen LogP contribution in [-0.2, 0) is 22.7 Å². The third-order valence-corrected chi connectivity index (χ3v) is 8.45. The number of thiazole rings is 1. The molecule has 3 heterocycles. The number of imidazole rings is 1. The molecule has 1 fully saturated rings. The van der Waals surface area contributed by atoms with Crippen LogP contribution in [0.1, 0.15) is 46.5 Å². The average molecular weight is 577 g/mol. The second-order valence-corrected chi connectivity index (χ2v) is 11.7. The summed E-state index contributed by atoms with van der Waals surface area (Å²) in [6, 6.07) is 13.8. The van der Waals surface area contributed by atoms with Crippen molar-refractivity contribution in [1.82, 2.24) is 24.8 Å². The predicted octanol–water partition coefficient (Wildman–Crippen LogP) is 2.93. The summed E-state index contributed by atoms with van der Waals surface area (Å²) in [5.74, 6) is -0.583. The molecule has 1 saturated heterocycles. The Balaban J connectivity index is 1.18. The summed E-state index contributed by atoms with van der Waals surface area (Å²) in [4.78, 5) is 38.7. The lowest BCUT2D eigenvalue weighted by atomic mass is 10.0. The third-order valence-electron chi connectivity index (χ3n) is 7.56. The van der Waals surface area contributed by atoms with E-state index in [0.29, 0.717) is 18.1 Å². The summed E-state index contributed by atoms with van der Waals surface area (Å²) in [6.45, 7) is 5.07. The van der Waals surface area contributed by atoms with E-state index in [0.717, 1.165) is 52.2 Å². The van der Waals surface area contributed by atoms with E-state index in [2.05, 4.69) is 38.1 Å². The number of aryl methyl sites for hydroxylation is 2. The molecular formula is C30H36N6O4S. The van der Waals surface area contributed by atoms with Crippen molar-refractivity contribution in [2.24, 2.45) is 0 Å². The molecule has 0 saturated carbocycles. The highest BCUT2D eigenvalue weighted by atomic mass is 32.1. The number of anilines is 1. The van der Waals surface area contributed by atoms with Crippen LogP contribution in [0.5, 0.6) is 0 Å². The van der Waals surface area contributed by atoms with Crippen molar-refractivity contribution in [2.75, 3.05) is 25.5 Å². The smallest absolute Gasteiger partial charge is 0.255 e. The van der Waals surface area contributed by atoms with Crippen LogP contribution in [-0.4, -0.2) is 74.3 Å². The normalized spacial score (nSPS) is 16.6. The first kappa shape index (κ1) is 28.7. The molecule has 1 aliphatic rings. The van der Waals surface area contributed by atoms with Gasteiger partial charge < -0.3 is 29.9 Å². The van der Waals surface area contributed by atoms with E-state index in [9.17, 15) is 19.8 Å². The summed E-state index contributed by atoms with van der Waals surface area (Å²) in [5.41, 5.74) is 5.92. The van der Waals surface area contributed by atoms with Gasteiger partial charge in [0.15, 0.2) is 12.2 Å². The second kappa shape index (κ2) is 12.0. The number of hydrogen-bond acceptors (Lipinski definition) is 8. The van der Waals surface area contributed by atoms with Crippen molar-refractivity contribution in [3.8, 4) is 0 Å². The fourth-order valence-electron chi connectivity index (χ4n) is 5.33. The van der Waals surface area contributed by atoms with Gasteiger partial charge in [0.1, 0.15) is 10.8 Å². The van der Waals surface area contributed by atoms with E-state index < -0.39 is 24.0 Å². The lowest BCUT2D eigenvalue weighted by Crippen LogP contribution is -2.50. The molecule has 11 heteroatoms. The van der Waals surface area contributed by atoms with Gasteiger partial charge in [0, 0.05) is 31.7 Å². The molecule has 0 radical (unpaired) electrons. The number of fused-ring (bicyclic) bond motifs is 1. The third kappa shape index (κ3) is 6.12. The summed E-state index contributed by atoms with van der Waals surface area (Å²) < 4.78 is 2.10.